The average Bonchev–Trinajstić information content (AvgIpc) is 2.51. The molecule has 0 amide bonds. The predicted molar refractivity (Wildman–Crippen MR) is 66.0 cm³/mol. The van der Waals surface area contributed by atoms with Gasteiger partial charge in [-0.2, -0.15) is 0 Å². The van der Waals surface area contributed by atoms with Gasteiger partial charge < -0.3 is 5.11 Å². The van der Waals surface area contributed by atoms with Crippen LogP contribution in [-0.2, 0) is 0 Å². The second-order valence-corrected chi connectivity index (χ2v) is 7.13. The van der Waals surface area contributed by atoms with Crippen LogP contribution < -0.4 is 0 Å². The number of hydrogen-bond acceptors (Lipinski definition) is 1. The van der Waals surface area contributed by atoms with Crippen molar-refractivity contribution in [2.24, 2.45) is 23.2 Å². The van der Waals surface area contributed by atoms with Crippen LogP contribution in [0.1, 0.15) is 53.4 Å². The quantitative estimate of drug-likeness (QED) is 0.619. The summed E-state index contributed by atoms with van der Waals surface area (Å²) in [5, 5.41) is 10.6. The Morgan fingerprint density at radius 3 is 2.56 bits per heavy atom. The zero-order valence-electron chi connectivity index (χ0n) is 11.0. The van der Waals surface area contributed by atoms with Crippen LogP contribution in [0, 0.1) is 23.2 Å². The van der Waals surface area contributed by atoms with E-state index in [0.29, 0.717) is 11.3 Å². The number of aliphatic hydroxyl groups is 1. The third-order valence-electron chi connectivity index (χ3n) is 5.77. The molecule has 0 heterocycles. The van der Waals surface area contributed by atoms with Gasteiger partial charge in [0.15, 0.2) is 0 Å². The minimum Gasteiger partial charge on any atom is -0.390 e. The van der Waals surface area contributed by atoms with Gasteiger partial charge in [-0.3, -0.25) is 0 Å². The van der Waals surface area contributed by atoms with E-state index in [1.807, 2.05) is 0 Å². The number of hydrogen-bond donors (Lipinski definition) is 1. The summed E-state index contributed by atoms with van der Waals surface area (Å²) in [6.07, 6.45) is 4.62. The van der Waals surface area contributed by atoms with Crippen LogP contribution in [0.15, 0.2) is 11.1 Å². The van der Waals surface area contributed by atoms with Crippen molar-refractivity contribution in [3.8, 4) is 0 Å². The Bertz CT molecular complexity index is 362. The minimum absolute atomic E-state index is 0.434. The van der Waals surface area contributed by atoms with Crippen LogP contribution in [0.2, 0.25) is 0 Å². The van der Waals surface area contributed by atoms with E-state index in [1.165, 1.54) is 19.3 Å². The summed E-state index contributed by atoms with van der Waals surface area (Å²) in [6.45, 7) is 9.19. The van der Waals surface area contributed by atoms with Gasteiger partial charge in [0.2, 0.25) is 0 Å². The van der Waals surface area contributed by atoms with Crippen molar-refractivity contribution >= 4 is 0 Å². The Hall–Kier alpha value is -0.300. The van der Waals surface area contributed by atoms with Crippen LogP contribution >= 0.6 is 0 Å². The summed E-state index contributed by atoms with van der Waals surface area (Å²) in [5.74, 6) is 2.09. The van der Waals surface area contributed by atoms with Gasteiger partial charge in [-0.1, -0.05) is 25.0 Å². The van der Waals surface area contributed by atoms with E-state index >= 15 is 0 Å². The molecule has 2 saturated carbocycles. The summed E-state index contributed by atoms with van der Waals surface area (Å²) in [6, 6.07) is 0. The number of allylic oxidation sites excluding steroid dienone is 1. The number of fused-ring (bicyclic) bond motifs is 3. The van der Waals surface area contributed by atoms with Gasteiger partial charge in [0.05, 0.1) is 5.60 Å². The SMILES string of the molecule is CC1=C2C(CC1)C(C)(O)CCC1C2C1(C)C. The summed E-state index contributed by atoms with van der Waals surface area (Å²) >= 11 is 0. The summed E-state index contributed by atoms with van der Waals surface area (Å²) in [4.78, 5) is 0. The smallest absolute Gasteiger partial charge is 0.0685 e. The number of rotatable bonds is 0. The normalized spacial score (nSPS) is 49.7. The lowest BCUT2D eigenvalue weighted by Gasteiger charge is -2.32. The molecule has 0 bridgehead atoms. The van der Waals surface area contributed by atoms with Crippen molar-refractivity contribution in [3.63, 3.8) is 0 Å². The molecular weight excluding hydrogens is 196 g/mol. The Morgan fingerprint density at radius 2 is 1.88 bits per heavy atom. The van der Waals surface area contributed by atoms with E-state index in [2.05, 4.69) is 27.7 Å². The van der Waals surface area contributed by atoms with Crippen LogP contribution in [-0.4, -0.2) is 10.7 Å². The lowest BCUT2D eigenvalue weighted by Crippen LogP contribution is -2.34. The van der Waals surface area contributed by atoms with E-state index in [9.17, 15) is 5.11 Å². The van der Waals surface area contributed by atoms with E-state index in [-0.39, 0.29) is 0 Å². The first-order valence-corrected chi connectivity index (χ1v) is 6.77. The van der Waals surface area contributed by atoms with Gasteiger partial charge in [-0.25, -0.2) is 0 Å². The lowest BCUT2D eigenvalue weighted by molar-refractivity contribution is 0.00354. The first-order valence-electron chi connectivity index (χ1n) is 6.77. The zero-order valence-corrected chi connectivity index (χ0v) is 11.0. The highest BCUT2D eigenvalue weighted by molar-refractivity contribution is 5.36. The molecule has 0 aromatic carbocycles. The Balaban J connectivity index is 2.03. The highest BCUT2D eigenvalue weighted by atomic mass is 16.3. The van der Waals surface area contributed by atoms with Crippen molar-refractivity contribution in [3.05, 3.63) is 11.1 Å². The van der Waals surface area contributed by atoms with E-state index in [0.717, 1.165) is 18.3 Å². The van der Waals surface area contributed by atoms with Gasteiger partial charge in [-0.05, 0) is 56.8 Å². The molecule has 1 heteroatoms. The van der Waals surface area contributed by atoms with Crippen LogP contribution in [0.4, 0.5) is 0 Å². The fraction of sp³-hybridized carbons (Fsp3) is 0.867. The molecule has 4 unspecified atom stereocenters. The third-order valence-corrected chi connectivity index (χ3v) is 5.77. The molecule has 4 atom stereocenters. The van der Waals surface area contributed by atoms with Crippen molar-refractivity contribution in [2.45, 2.75) is 59.0 Å². The largest absolute Gasteiger partial charge is 0.390 e. The molecule has 0 aromatic rings. The first-order chi connectivity index (χ1) is 7.36. The van der Waals surface area contributed by atoms with Crippen LogP contribution in [0.25, 0.3) is 0 Å². The molecule has 0 aromatic heterocycles. The fourth-order valence-electron chi connectivity index (χ4n) is 4.61. The summed E-state index contributed by atoms with van der Waals surface area (Å²) in [5.41, 5.74) is 3.32. The second kappa shape index (κ2) is 2.93. The molecule has 1 N–H and O–H groups in total. The minimum atomic E-state index is -0.434. The molecule has 3 aliphatic rings. The van der Waals surface area contributed by atoms with Crippen molar-refractivity contribution < 1.29 is 5.11 Å². The van der Waals surface area contributed by atoms with Crippen LogP contribution in [0.5, 0.6) is 0 Å². The Morgan fingerprint density at radius 1 is 1.19 bits per heavy atom. The first kappa shape index (κ1) is 10.8. The highest BCUT2D eigenvalue weighted by Gasteiger charge is 2.63. The van der Waals surface area contributed by atoms with E-state index < -0.39 is 5.60 Å². The molecule has 0 spiro atoms. The average molecular weight is 220 g/mol. The molecule has 3 rings (SSSR count). The molecule has 16 heavy (non-hydrogen) atoms. The van der Waals surface area contributed by atoms with Gasteiger partial charge in [0.1, 0.15) is 0 Å². The summed E-state index contributed by atoms with van der Waals surface area (Å²) < 4.78 is 0. The maximum absolute atomic E-state index is 10.6. The third kappa shape index (κ3) is 1.21. The maximum Gasteiger partial charge on any atom is 0.0685 e. The van der Waals surface area contributed by atoms with Gasteiger partial charge in [0, 0.05) is 5.92 Å². The Kier molecular flexibility index (Phi) is 1.98. The van der Waals surface area contributed by atoms with E-state index in [4.69, 9.17) is 0 Å². The molecule has 90 valence electrons. The lowest BCUT2D eigenvalue weighted by atomic mass is 9.79. The standard InChI is InChI=1S/C15H24O/c1-9-5-6-10-12(9)13-11(14(13,2)3)7-8-15(10,4)16/h10-11,13,16H,5-8H2,1-4H3. The molecule has 0 aliphatic heterocycles. The highest BCUT2D eigenvalue weighted by Crippen LogP contribution is 2.69. The molecular formula is C15H24O. The van der Waals surface area contributed by atoms with Crippen molar-refractivity contribution in [1.82, 2.24) is 0 Å². The molecule has 1 nitrogen and oxygen atoms in total. The molecule has 2 fully saturated rings. The monoisotopic (exact) mass is 220 g/mol. The molecule has 0 radical (unpaired) electrons. The second-order valence-electron chi connectivity index (χ2n) is 7.13. The molecule has 3 aliphatic carbocycles. The van der Waals surface area contributed by atoms with Crippen molar-refractivity contribution in [1.29, 1.82) is 0 Å². The van der Waals surface area contributed by atoms with E-state index in [1.54, 1.807) is 11.1 Å². The fourth-order valence-corrected chi connectivity index (χ4v) is 4.61. The summed E-state index contributed by atoms with van der Waals surface area (Å²) in [7, 11) is 0. The molecule has 0 saturated heterocycles. The van der Waals surface area contributed by atoms with Crippen LogP contribution in [0.3, 0.4) is 0 Å². The maximum atomic E-state index is 10.6. The predicted octanol–water partition coefficient (Wildman–Crippen LogP) is 3.53. The van der Waals surface area contributed by atoms with Gasteiger partial charge in [-0.15, -0.1) is 0 Å². The topological polar surface area (TPSA) is 20.2 Å². The van der Waals surface area contributed by atoms with Crippen molar-refractivity contribution in [2.75, 3.05) is 0 Å². The Labute approximate surface area is 98.9 Å². The van der Waals surface area contributed by atoms with Gasteiger partial charge >= 0.3 is 0 Å². The zero-order chi connectivity index (χ0) is 11.7. The van der Waals surface area contributed by atoms with Gasteiger partial charge in [0.25, 0.3) is 0 Å².